The van der Waals surface area contributed by atoms with E-state index in [-0.39, 0.29) is 24.4 Å². The van der Waals surface area contributed by atoms with Crippen molar-refractivity contribution in [1.82, 2.24) is 25.5 Å². The second kappa shape index (κ2) is 15.4. The van der Waals surface area contributed by atoms with E-state index in [1.54, 1.807) is 29.4 Å². The molecule has 0 unspecified atom stereocenters. The van der Waals surface area contributed by atoms with Crippen LogP contribution in [0.15, 0.2) is 77.7 Å². The molecule has 4 aromatic rings. The molecule has 0 spiro atoms. The van der Waals surface area contributed by atoms with E-state index in [4.69, 9.17) is 4.42 Å². The van der Waals surface area contributed by atoms with Crippen LogP contribution in [-0.2, 0) is 13.0 Å². The molecule has 0 radical (unpaired) electrons. The predicted octanol–water partition coefficient (Wildman–Crippen LogP) is 5.04. The molecular formula is C37H46N6O4. The fourth-order valence-electron chi connectivity index (χ4n) is 5.91. The number of nitrogens with one attached hydrogen (secondary N) is 2. The molecule has 0 bridgehead atoms. The van der Waals surface area contributed by atoms with Crippen LogP contribution in [-0.4, -0.2) is 71.1 Å². The number of nitrogens with zero attached hydrogens (tertiary/aromatic N) is 4. The van der Waals surface area contributed by atoms with Crippen LogP contribution in [0.5, 0.6) is 0 Å². The van der Waals surface area contributed by atoms with Gasteiger partial charge in [0.15, 0.2) is 0 Å². The average molecular weight is 639 g/mol. The van der Waals surface area contributed by atoms with Gasteiger partial charge < -0.3 is 30.0 Å². The van der Waals surface area contributed by atoms with Crippen molar-refractivity contribution < 1.29 is 19.1 Å². The lowest BCUT2D eigenvalue weighted by Gasteiger charge is -2.26. The van der Waals surface area contributed by atoms with Gasteiger partial charge in [0.05, 0.1) is 17.8 Å². The zero-order valence-electron chi connectivity index (χ0n) is 27.9. The molecule has 248 valence electrons. The number of pyridine rings is 1. The van der Waals surface area contributed by atoms with Gasteiger partial charge in [-0.1, -0.05) is 50.2 Å². The molecule has 2 amide bonds. The molecule has 47 heavy (non-hydrogen) atoms. The van der Waals surface area contributed by atoms with Crippen molar-refractivity contribution in [2.45, 2.75) is 70.7 Å². The highest BCUT2D eigenvalue weighted by atomic mass is 16.3. The molecule has 2 aromatic carbocycles. The molecule has 0 saturated carbocycles. The number of aromatic nitrogens is 2. The summed E-state index contributed by atoms with van der Waals surface area (Å²) in [7, 11) is 3.75. The van der Waals surface area contributed by atoms with E-state index in [9.17, 15) is 14.7 Å². The Morgan fingerprint density at radius 2 is 1.83 bits per heavy atom. The standard InChI is InChI=1S/C37H46N6O4/c1-24(2)30-14-27(19-38-21-30)20-39-22-34(44)32(15-26-10-7-6-8-11-26)41-35(45)28-16-29(18-31(17-28)42(4)5)37(46)43-13-9-12-33(43)36-40-25(3)23-47-36/h6-8,10-11,14,16-19,21,23-24,32-34,39,44H,9,12-13,15,20,22H2,1-5H3,(H,41,45)/t32-,33+,34-/m0/s1. The Bertz CT molecular complexity index is 1650. The van der Waals surface area contributed by atoms with Gasteiger partial charge in [-0.15, -0.1) is 0 Å². The quantitative estimate of drug-likeness (QED) is 0.186. The van der Waals surface area contributed by atoms with Gasteiger partial charge in [-0.25, -0.2) is 4.98 Å². The smallest absolute Gasteiger partial charge is 0.254 e. The monoisotopic (exact) mass is 638 g/mol. The summed E-state index contributed by atoms with van der Waals surface area (Å²) in [6, 6.07) is 16.3. The first-order chi connectivity index (χ1) is 22.6. The summed E-state index contributed by atoms with van der Waals surface area (Å²) in [5, 5.41) is 17.8. The minimum atomic E-state index is -0.881. The molecule has 1 fully saturated rings. The van der Waals surface area contributed by atoms with Crippen molar-refractivity contribution in [2.24, 2.45) is 0 Å². The zero-order chi connectivity index (χ0) is 33.5. The maximum absolute atomic E-state index is 13.9. The van der Waals surface area contributed by atoms with Crippen molar-refractivity contribution in [3.63, 3.8) is 0 Å². The summed E-state index contributed by atoms with van der Waals surface area (Å²) < 4.78 is 5.66. The summed E-state index contributed by atoms with van der Waals surface area (Å²) >= 11 is 0. The lowest BCUT2D eigenvalue weighted by atomic mass is 9.99. The molecule has 2 aromatic heterocycles. The maximum atomic E-state index is 13.9. The number of oxazole rings is 1. The van der Waals surface area contributed by atoms with Gasteiger partial charge in [-0.2, -0.15) is 0 Å². The van der Waals surface area contributed by atoms with Gasteiger partial charge >= 0.3 is 0 Å². The number of aliphatic hydroxyl groups is 1. The Balaban J connectivity index is 1.34. The molecule has 0 aliphatic carbocycles. The highest BCUT2D eigenvalue weighted by molar-refractivity contribution is 6.01. The van der Waals surface area contributed by atoms with Crippen LogP contribution in [0, 0.1) is 6.92 Å². The number of aryl methyl sites for hydroxylation is 1. The summed E-state index contributed by atoms with van der Waals surface area (Å²) in [5.74, 6) is 0.361. The van der Waals surface area contributed by atoms with Crippen molar-refractivity contribution in [3.05, 3.63) is 113 Å². The molecular weight excluding hydrogens is 592 g/mol. The fourth-order valence-corrected chi connectivity index (χ4v) is 5.91. The van der Waals surface area contributed by atoms with E-state index in [0.29, 0.717) is 42.4 Å². The average Bonchev–Trinajstić information content (AvgIpc) is 3.73. The number of anilines is 1. The number of amides is 2. The molecule has 5 rings (SSSR count). The van der Waals surface area contributed by atoms with Crippen LogP contribution in [0.4, 0.5) is 5.69 Å². The minimum absolute atomic E-state index is 0.179. The van der Waals surface area contributed by atoms with Gasteiger partial charge in [0.25, 0.3) is 11.8 Å². The van der Waals surface area contributed by atoms with E-state index < -0.39 is 12.1 Å². The third-order valence-corrected chi connectivity index (χ3v) is 8.62. The summed E-state index contributed by atoms with van der Waals surface area (Å²) in [5.41, 5.74) is 5.43. The number of likely N-dealkylation sites (tertiary alicyclic amines) is 1. The normalized spacial score (nSPS) is 15.9. The van der Waals surface area contributed by atoms with E-state index in [0.717, 1.165) is 40.9 Å². The van der Waals surface area contributed by atoms with E-state index >= 15 is 0 Å². The lowest BCUT2D eigenvalue weighted by Crippen LogP contribution is -2.48. The van der Waals surface area contributed by atoms with Crippen molar-refractivity contribution in [3.8, 4) is 0 Å². The van der Waals surface area contributed by atoms with Crippen LogP contribution >= 0.6 is 0 Å². The van der Waals surface area contributed by atoms with Gasteiger partial charge in [-0.3, -0.25) is 14.6 Å². The molecule has 1 saturated heterocycles. The number of carbonyl (C=O) groups is 2. The first-order valence-electron chi connectivity index (χ1n) is 16.3. The largest absolute Gasteiger partial charge is 0.446 e. The van der Waals surface area contributed by atoms with Crippen LogP contribution in [0.25, 0.3) is 0 Å². The molecule has 10 heteroatoms. The number of rotatable bonds is 13. The minimum Gasteiger partial charge on any atom is -0.446 e. The Kier molecular flexibility index (Phi) is 11.1. The number of aliphatic hydroxyl groups excluding tert-OH is 1. The summed E-state index contributed by atoms with van der Waals surface area (Å²) in [6.07, 6.45) is 6.45. The highest BCUT2D eigenvalue weighted by Crippen LogP contribution is 2.33. The summed E-state index contributed by atoms with van der Waals surface area (Å²) in [4.78, 5) is 40.3. The van der Waals surface area contributed by atoms with E-state index in [2.05, 4.69) is 40.5 Å². The number of benzene rings is 2. The van der Waals surface area contributed by atoms with Crippen molar-refractivity contribution >= 4 is 17.5 Å². The van der Waals surface area contributed by atoms with Gasteiger partial charge in [0.1, 0.15) is 12.3 Å². The topological polar surface area (TPSA) is 124 Å². The number of hydrogen-bond acceptors (Lipinski definition) is 8. The highest BCUT2D eigenvalue weighted by Gasteiger charge is 2.34. The van der Waals surface area contributed by atoms with Crippen molar-refractivity contribution in [1.29, 1.82) is 0 Å². The molecule has 3 N–H and O–H groups in total. The fraction of sp³-hybridized carbons (Fsp3) is 0.405. The van der Waals surface area contributed by atoms with Crippen molar-refractivity contribution in [2.75, 3.05) is 32.1 Å². The number of carbonyl (C=O) groups excluding carboxylic acids is 2. The van der Waals surface area contributed by atoms with Gasteiger partial charge in [0.2, 0.25) is 5.89 Å². The third-order valence-electron chi connectivity index (χ3n) is 8.62. The predicted molar refractivity (Wildman–Crippen MR) is 182 cm³/mol. The van der Waals surface area contributed by atoms with Gasteiger partial charge in [-0.05, 0) is 67.0 Å². The first kappa shape index (κ1) is 33.8. The zero-order valence-corrected chi connectivity index (χ0v) is 27.9. The second-order valence-corrected chi connectivity index (χ2v) is 12.9. The van der Waals surface area contributed by atoms with E-state index in [1.165, 1.54) is 0 Å². The first-order valence-corrected chi connectivity index (χ1v) is 16.3. The van der Waals surface area contributed by atoms with Crippen LogP contribution in [0.3, 0.4) is 0 Å². The SMILES string of the molecule is Cc1coc([C@H]2CCCN2C(=O)c2cc(C(=O)N[C@@H](Cc3ccccc3)[C@@H](O)CNCc3cncc(C(C)C)c3)cc(N(C)C)c2)n1. The Hall–Kier alpha value is -4.54. The Morgan fingerprint density at radius 1 is 1.06 bits per heavy atom. The van der Waals surface area contributed by atoms with Gasteiger partial charge in [0, 0.05) is 62.9 Å². The molecule has 10 nitrogen and oxygen atoms in total. The Morgan fingerprint density at radius 3 is 2.53 bits per heavy atom. The molecule has 3 atom stereocenters. The number of hydrogen-bond donors (Lipinski definition) is 3. The third kappa shape index (κ3) is 8.64. The Labute approximate surface area is 277 Å². The van der Waals surface area contributed by atoms with E-state index in [1.807, 2.05) is 68.6 Å². The lowest BCUT2D eigenvalue weighted by molar-refractivity contribution is 0.0715. The molecule has 1 aliphatic rings. The molecule has 3 heterocycles. The maximum Gasteiger partial charge on any atom is 0.254 e. The summed E-state index contributed by atoms with van der Waals surface area (Å²) in [6.45, 7) is 7.50. The molecule has 1 aliphatic heterocycles. The van der Waals surface area contributed by atoms with Crippen LogP contribution in [0.1, 0.15) is 87.6 Å². The van der Waals surface area contributed by atoms with Crippen LogP contribution in [0.2, 0.25) is 0 Å². The van der Waals surface area contributed by atoms with Crippen LogP contribution < -0.4 is 15.5 Å². The second-order valence-electron chi connectivity index (χ2n) is 12.9.